The highest BCUT2D eigenvalue weighted by molar-refractivity contribution is 7.92. The lowest BCUT2D eigenvalue weighted by Gasteiger charge is -2.27. The van der Waals surface area contributed by atoms with Gasteiger partial charge in [-0.15, -0.1) is 0 Å². The number of thiazole rings is 1. The number of anilines is 1. The van der Waals surface area contributed by atoms with Gasteiger partial charge in [-0.1, -0.05) is 35.1 Å². The predicted octanol–water partition coefficient (Wildman–Crippen LogP) is 3.34. The maximum absolute atomic E-state index is 13.4. The van der Waals surface area contributed by atoms with E-state index in [1.54, 1.807) is 12.1 Å². The van der Waals surface area contributed by atoms with Crippen molar-refractivity contribution in [3.05, 3.63) is 39.9 Å². The summed E-state index contributed by atoms with van der Waals surface area (Å²) in [7, 11) is -3.40. The summed E-state index contributed by atoms with van der Waals surface area (Å²) in [5, 5.41) is 11.7. The van der Waals surface area contributed by atoms with E-state index in [9.17, 15) is 27.9 Å². The van der Waals surface area contributed by atoms with E-state index in [1.807, 2.05) is 0 Å². The molecule has 2 aliphatic rings. The molecule has 1 aliphatic carbocycles. The second kappa shape index (κ2) is 12.1. The molecular weight excluding hydrogens is 560 g/mol. The summed E-state index contributed by atoms with van der Waals surface area (Å²) in [6.45, 7) is 2.47. The van der Waals surface area contributed by atoms with Gasteiger partial charge in [0.25, 0.3) is 5.91 Å². The van der Waals surface area contributed by atoms with Crippen LogP contribution in [0.4, 0.5) is 5.13 Å². The van der Waals surface area contributed by atoms with Crippen molar-refractivity contribution in [1.29, 1.82) is 0 Å². The number of carboxylic acids is 1. The highest BCUT2D eigenvalue weighted by Crippen LogP contribution is 2.36. The summed E-state index contributed by atoms with van der Waals surface area (Å²) in [6.07, 6.45) is 1.03. The normalized spacial score (nSPS) is 17.9. The fourth-order valence-electron chi connectivity index (χ4n) is 3.97. The molecular formula is C24H27ClN2O9S2. The van der Waals surface area contributed by atoms with Crippen molar-refractivity contribution >= 4 is 55.8 Å². The number of carbonyl (C=O) groups is 3. The van der Waals surface area contributed by atoms with Crippen LogP contribution >= 0.6 is 22.9 Å². The van der Waals surface area contributed by atoms with Crippen LogP contribution in [0.25, 0.3) is 0 Å². The van der Waals surface area contributed by atoms with Gasteiger partial charge >= 0.3 is 11.9 Å². The van der Waals surface area contributed by atoms with Gasteiger partial charge in [0.15, 0.2) is 27.0 Å². The number of sulfone groups is 1. The topological polar surface area (TPSA) is 158 Å². The number of amides is 1. The number of rotatable bonds is 11. The Morgan fingerprint density at radius 1 is 1.18 bits per heavy atom. The molecule has 1 amide bonds. The molecule has 1 aromatic carbocycles. The lowest BCUT2D eigenvalue weighted by atomic mass is 10.1. The van der Waals surface area contributed by atoms with Gasteiger partial charge in [-0.25, -0.2) is 13.4 Å². The first-order chi connectivity index (χ1) is 18.1. The Bertz CT molecular complexity index is 1290. The van der Waals surface area contributed by atoms with Crippen molar-refractivity contribution in [2.24, 2.45) is 0 Å². The molecule has 0 bridgehead atoms. The summed E-state index contributed by atoms with van der Waals surface area (Å²) in [5.41, 5.74) is 0.191. The number of ether oxygens (including phenoxy) is 3. The molecule has 2 atom stereocenters. The minimum absolute atomic E-state index is 0.0278. The Morgan fingerprint density at radius 2 is 1.84 bits per heavy atom. The number of carbonyl (C=O) groups excluding carboxylic acids is 2. The molecule has 2 heterocycles. The molecule has 14 heteroatoms. The van der Waals surface area contributed by atoms with Gasteiger partial charge < -0.3 is 19.3 Å². The third-order valence-electron chi connectivity index (χ3n) is 6.09. The second-order valence-corrected chi connectivity index (χ2v) is 12.7. The number of halogens is 1. The summed E-state index contributed by atoms with van der Waals surface area (Å²) in [4.78, 5) is 41.5. The van der Waals surface area contributed by atoms with Crippen LogP contribution in [0.2, 0.25) is 4.34 Å². The van der Waals surface area contributed by atoms with Gasteiger partial charge in [-0.2, -0.15) is 0 Å². The minimum Gasteiger partial charge on any atom is -0.480 e. The van der Waals surface area contributed by atoms with Crippen LogP contribution in [0.5, 0.6) is 0 Å². The van der Waals surface area contributed by atoms with Gasteiger partial charge in [0, 0.05) is 13.2 Å². The van der Waals surface area contributed by atoms with Gasteiger partial charge in [0.05, 0.1) is 28.6 Å². The van der Waals surface area contributed by atoms with E-state index in [1.165, 1.54) is 19.1 Å². The Labute approximate surface area is 228 Å². The van der Waals surface area contributed by atoms with Crippen LogP contribution in [0.1, 0.15) is 55.9 Å². The Kier molecular flexibility index (Phi) is 9.04. The molecule has 206 valence electrons. The molecule has 2 aromatic rings. The van der Waals surface area contributed by atoms with Crippen LogP contribution in [0, 0.1) is 0 Å². The molecule has 1 saturated carbocycles. The van der Waals surface area contributed by atoms with E-state index in [0.29, 0.717) is 44.5 Å². The number of esters is 1. The Balaban J connectivity index is 1.57. The first-order valence-electron chi connectivity index (χ1n) is 12.0. The van der Waals surface area contributed by atoms with E-state index >= 15 is 0 Å². The molecule has 1 saturated heterocycles. The third kappa shape index (κ3) is 6.52. The minimum atomic E-state index is -3.40. The molecule has 2 fully saturated rings. The smallest absolute Gasteiger partial charge is 0.326 e. The molecule has 11 nitrogen and oxygen atoms in total. The SMILES string of the molecule is CCOC(=O)C(C(=O)O)c1nc(NC(=O)C(OC2CCOCC2)c2ccc(S(=O)(=O)C3CC3)cc2)sc1Cl. The first kappa shape index (κ1) is 28.4. The van der Waals surface area contributed by atoms with Crippen LogP contribution in [-0.2, 0) is 38.4 Å². The van der Waals surface area contributed by atoms with Crippen molar-refractivity contribution < 1.29 is 42.1 Å². The number of aliphatic carboxylic acids is 1. The van der Waals surface area contributed by atoms with Crippen molar-refractivity contribution in [3.63, 3.8) is 0 Å². The third-order valence-corrected chi connectivity index (χ3v) is 9.57. The van der Waals surface area contributed by atoms with Crippen LogP contribution in [0.3, 0.4) is 0 Å². The van der Waals surface area contributed by atoms with E-state index in [-0.39, 0.29) is 38.0 Å². The Morgan fingerprint density at radius 3 is 2.42 bits per heavy atom. The first-order valence-corrected chi connectivity index (χ1v) is 14.8. The summed E-state index contributed by atoms with van der Waals surface area (Å²) in [6, 6.07) is 6.01. The van der Waals surface area contributed by atoms with Crippen molar-refractivity contribution in [3.8, 4) is 0 Å². The van der Waals surface area contributed by atoms with E-state index in [4.69, 9.17) is 25.8 Å². The van der Waals surface area contributed by atoms with Crippen LogP contribution < -0.4 is 5.32 Å². The van der Waals surface area contributed by atoms with Crippen molar-refractivity contribution in [2.75, 3.05) is 25.1 Å². The zero-order chi connectivity index (χ0) is 27.4. The quantitative estimate of drug-likeness (QED) is 0.295. The van der Waals surface area contributed by atoms with E-state index in [0.717, 1.165) is 11.3 Å². The number of benzene rings is 1. The molecule has 1 aliphatic heterocycles. The van der Waals surface area contributed by atoms with E-state index in [2.05, 4.69) is 10.3 Å². The molecule has 2 N–H and O–H groups in total. The summed E-state index contributed by atoms with van der Waals surface area (Å²) in [5.74, 6) is -4.88. The largest absolute Gasteiger partial charge is 0.480 e. The maximum Gasteiger partial charge on any atom is 0.326 e. The molecule has 38 heavy (non-hydrogen) atoms. The molecule has 0 spiro atoms. The van der Waals surface area contributed by atoms with Gasteiger partial charge in [0.1, 0.15) is 4.34 Å². The predicted molar refractivity (Wildman–Crippen MR) is 137 cm³/mol. The summed E-state index contributed by atoms with van der Waals surface area (Å²) < 4.78 is 41.4. The van der Waals surface area contributed by atoms with Crippen LogP contribution in [-0.4, -0.2) is 67.5 Å². The number of hydrogen-bond acceptors (Lipinski definition) is 10. The zero-order valence-corrected chi connectivity index (χ0v) is 22.8. The average molecular weight is 587 g/mol. The fraction of sp³-hybridized carbons (Fsp3) is 0.500. The Hall–Kier alpha value is -2.58. The molecule has 0 radical (unpaired) electrons. The second-order valence-electron chi connectivity index (χ2n) is 8.83. The standard InChI is InChI=1S/C24H27ClN2O9S2/c1-2-35-23(31)17(22(29)30)18-20(25)37-24(26-18)27-21(28)19(36-14-9-11-34-12-10-14)13-3-5-15(6-4-13)38(32,33)16-7-8-16/h3-6,14,16-17,19H,2,7-12H2,1H3,(H,29,30)(H,26,27,28). The average Bonchev–Trinajstić information content (AvgIpc) is 3.69. The number of nitrogens with one attached hydrogen (secondary N) is 1. The summed E-state index contributed by atoms with van der Waals surface area (Å²) >= 11 is 6.98. The fourth-order valence-corrected chi connectivity index (χ4v) is 6.73. The number of aromatic nitrogens is 1. The van der Waals surface area contributed by atoms with Crippen molar-refractivity contribution in [2.45, 2.75) is 60.9 Å². The molecule has 2 unspecified atom stereocenters. The highest BCUT2D eigenvalue weighted by atomic mass is 35.5. The number of hydrogen-bond donors (Lipinski definition) is 2. The highest BCUT2D eigenvalue weighted by Gasteiger charge is 2.38. The number of carboxylic acid groups (broad SMARTS) is 1. The molecule has 4 rings (SSSR count). The van der Waals surface area contributed by atoms with Crippen molar-refractivity contribution in [1.82, 2.24) is 4.98 Å². The zero-order valence-electron chi connectivity index (χ0n) is 20.4. The van der Waals surface area contributed by atoms with Gasteiger partial charge in [0.2, 0.25) is 0 Å². The number of nitrogens with zero attached hydrogens (tertiary/aromatic N) is 1. The van der Waals surface area contributed by atoms with Crippen LogP contribution in [0.15, 0.2) is 29.2 Å². The van der Waals surface area contributed by atoms with Gasteiger partial charge in [-0.05, 0) is 50.3 Å². The lowest BCUT2D eigenvalue weighted by molar-refractivity contribution is -0.153. The maximum atomic E-state index is 13.4. The monoisotopic (exact) mass is 586 g/mol. The lowest BCUT2D eigenvalue weighted by Crippen LogP contribution is -2.31. The van der Waals surface area contributed by atoms with Gasteiger partial charge in [-0.3, -0.25) is 19.7 Å². The van der Waals surface area contributed by atoms with E-state index < -0.39 is 39.7 Å². The molecule has 1 aromatic heterocycles.